The molecule has 0 saturated carbocycles. The Morgan fingerprint density at radius 2 is 1.72 bits per heavy atom. The summed E-state index contributed by atoms with van der Waals surface area (Å²) in [6, 6.07) is 10.9. The second-order valence-corrected chi connectivity index (χ2v) is 5.94. The summed E-state index contributed by atoms with van der Waals surface area (Å²) in [6.07, 6.45) is 11.1. The third-order valence-corrected chi connectivity index (χ3v) is 4.66. The van der Waals surface area contributed by atoms with Crippen molar-refractivity contribution >= 4 is 6.92 Å². The zero-order valence-corrected chi connectivity index (χ0v) is 11.2. The van der Waals surface area contributed by atoms with Gasteiger partial charge < -0.3 is 4.65 Å². The van der Waals surface area contributed by atoms with Crippen LogP contribution in [-0.4, -0.2) is 13.0 Å². The van der Waals surface area contributed by atoms with E-state index in [0.29, 0.717) is 13.0 Å². The van der Waals surface area contributed by atoms with Gasteiger partial charge in [0.05, 0.1) is 0 Å². The molecule has 2 aliphatic rings. The van der Waals surface area contributed by atoms with E-state index in [1.807, 2.05) is 0 Å². The third kappa shape index (κ3) is 2.98. The molecule has 1 nitrogen and oxygen atoms in total. The van der Waals surface area contributed by atoms with Crippen molar-refractivity contribution in [2.24, 2.45) is 0 Å². The summed E-state index contributed by atoms with van der Waals surface area (Å²) in [5, 5.41) is 0. The van der Waals surface area contributed by atoms with E-state index >= 15 is 0 Å². The summed E-state index contributed by atoms with van der Waals surface area (Å²) in [5.74, 6) is 0.834. The normalized spacial score (nSPS) is 27.9. The van der Waals surface area contributed by atoms with E-state index in [4.69, 9.17) is 4.65 Å². The van der Waals surface area contributed by atoms with Crippen LogP contribution in [0.2, 0.25) is 12.1 Å². The van der Waals surface area contributed by atoms with Gasteiger partial charge in [0.2, 0.25) is 0 Å². The minimum atomic E-state index is 0.528. The Morgan fingerprint density at radius 1 is 1.00 bits per heavy atom. The predicted octanol–water partition coefficient (Wildman–Crippen LogP) is 4.34. The molecule has 18 heavy (non-hydrogen) atoms. The summed E-state index contributed by atoms with van der Waals surface area (Å²) in [5.41, 5.74) is 1.46. The van der Waals surface area contributed by atoms with Gasteiger partial charge in [0.25, 0.3) is 6.92 Å². The van der Waals surface area contributed by atoms with Gasteiger partial charge in [-0.1, -0.05) is 56.0 Å². The van der Waals surface area contributed by atoms with Crippen molar-refractivity contribution in [2.45, 2.75) is 63.2 Å². The summed E-state index contributed by atoms with van der Waals surface area (Å²) >= 11 is 0. The zero-order chi connectivity index (χ0) is 12.2. The fourth-order valence-electron chi connectivity index (χ4n) is 3.63. The Kier molecular flexibility index (Phi) is 4.04. The lowest BCUT2D eigenvalue weighted by molar-refractivity contribution is 0.187. The van der Waals surface area contributed by atoms with Gasteiger partial charge in [-0.05, 0) is 37.0 Å². The van der Waals surface area contributed by atoms with Gasteiger partial charge in [-0.3, -0.25) is 0 Å². The average Bonchev–Trinajstić information content (AvgIpc) is 2.69. The maximum absolute atomic E-state index is 6.36. The Balaban J connectivity index is 1.61. The Morgan fingerprint density at radius 3 is 2.44 bits per heavy atom. The summed E-state index contributed by atoms with van der Waals surface area (Å²) in [6.45, 7) is 0.528. The fourth-order valence-corrected chi connectivity index (χ4v) is 3.63. The standard InChI is InChI=1S/C16H23BO/c1-2-6-14(7-3-1)12-13-17-15-8-4-10-16(18-17)11-5-9-15/h1-3,6-7,15-16H,4-5,8-13H2. The van der Waals surface area contributed by atoms with Crippen molar-refractivity contribution in [3.63, 3.8) is 0 Å². The second-order valence-electron chi connectivity index (χ2n) is 5.94. The fraction of sp³-hybridized carbons (Fsp3) is 0.625. The predicted molar refractivity (Wildman–Crippen MR) is 77.0 cm³/mol. The molecule has 2 aliphatic heterocycles. The topological polar surface area (TPSA) is 9.23 Å². The van der Waals surface area contributed by atoms with Crippen molar-refractivity contribution in [1.82, 2.24) is 0 Å². The van der Waals surface area contributed by atoms with Crippen molar-refractivity contribution in [3.05, 3.63) is 35.9 Å². The Labute approximate surface area is 111 Å². The number of aryl methyl sites for hydroxylation is 1. The molecule has 0 N–H and O–H groups in total. The highest BCUT2D eigenvalue weighted by atomic mass is 16.4. The zero-order valence-electron chi connectivity index (χ0n) is 11.2. The molecule has 0 aromatic heterocycles. The number of benzene rings is 1. The number of fused-ring (bicyclic) bond motifs is 3. The number of hydrogen-bond donors (Lipinski definition) is 0. The van der Waals surface area contributed by atoms with Crippen LogP contribution in [0.3, 0.4) is 0 Å². The van der Waals surface area contributed by atoms with Gasteiger partial charge in [-0.2, -0.15) is 0 Å². The van der Waals surface area contributed by atoms with Crippen LogP contribution in [0.25, 0.3) is 0 Å². The first kappa shape index (κ1) is 12.3. The summed E-state index contributed by atoms with van der Waals surface area (Å²) in [4.78, 5) is 0. The molecule has 0 unspecified atom stereocenters. The molecule has 2 fully saturated rings. The Hall–Kier alpha value is -0.755. The van der Waals surface area contributed by atoms with Crippen LogP contribution in [0, 0.1) is 0 Å². The lowest BCUT2D eigenvalue weighted by Crippen LogP contribution is -2.26. The molecule has 1 aromatic rings. The molecule has 0 amide bonds. The summed E-state index contributed by atoms with van der Waals surface area (Å²) in [7, 11) is 0. The summed E-state index contributed by atoms with van der Waals surface area (Å²) < 4.78 is 6.36. The molecule has 2 heterocycles. The minimum Gasteiger partial charge on any atom is -0.433 e. The second kappa shape index (κ2) is 5.92. The van der Waals surface area contributed by atoms with Gasteiger partial charge in [0.1, 0.15) is 0 Å². The van der Waals surface area contributed by atoms with Crippen LogP contribution in [0.4, 0.5) is 0 Å². The largest absolute Gasteiger partial charge is 0.433 e. The molecule has 0 radical (unpaired) electrons. The molecular formula is C16H23BO. The molecule has 3 rings (SSSR count). The first-order valence-electron chi connectivity index (χ1n) is 7.61. The lowest BCUT2D eigenvalue weighted by Gasteiger charge is -2.20. The van der Waals surface area contributed by atoms with Crippen LogP contribution < -0.4 is 0 Å². The first-order valence-corrected chi connectivity index (χ1v) is 7.61. The van der Waals surface area contributed by atoms with E-state index < -0.39 is 0 Å². The van der Waals surface area contributed by atoms with E-state index in [-0.39, 0.29) is 0 Å². The number of hydrogen-bond acceptors (Lipinski definition) is 1. The highest BCUT2D eigenvalue weighted by molar-refractivity contribution is 6.53. The van der Waals surface area contributed by atoms with Crippen LogP contribution in [-0.2, 0) is 11.1 Å². The molecule has 0 spiro atoms. The molecule has 0 aliphatic carbocycles. The molecule has 0 atom stereocenters. The maximum atomic E-state index is 6.36. The minimum absolute atomic E-state index is 0.528. The SMILES string of the molecule is c1ccc(CCB2OC3CCCC2CCC3)cc1. The quantitative estimate of drug-likeness (QED) is 0.716. The van der Waals surface area contributed by atoms with E-state index in [0.717, 1.165) is 5.82 Å². The van der Waals surface area contributed by atoms with E-state index in [1.54, 1.807) is 0 Å². The highest BCUT2D eigenvalue weighted by Crippen LogP contribution is 2.37. The van der Waals surface area contributed by atoms with E-state index in [9.17, 15) is 0 Å². The lowest BCUT2D eigenvalue weighted by atomic mass is 9.50. The van der Waals surface area contributed by atoms with Crippen molar-refractivity contribution in [2.75, 3.05) is 0 Å². The monoisotopic (exact) mass is 242 g/mol. The maximum Gasteiger partial charge on any atom is 0.296 e. The number of rotatable bonds is 3. The van der Waals surface area contributed by atoms with Crippen molar-refractivity contribution < 1.29 is 4.65 Å². The van der Waals surface area contributed by atoms with Gasteiger partial charge in [0.15, 0.2) is 0 Å². The van der Waals surface area contributed by atoms with Crippen LogP contribution in [0.5, 0.6) is 0 Å². The van der Waals surface area contributed by atoms with Gasteiger partial charge >= 0.3 is 0 Å². The van der Waals surface area contributed by atoms with Crippen LogP contribution in [0.15, 0.2) is 30.3 Å². The van der Waals surface area contributed by atoms with Crippen LogP contribution in [0.1, 0.15) is 44.1 Å². The smallest absolute Gasteiger partial charge is 0.296 e. The van der Waals surface area contributed by atoms with Crippen molar-refractivity contribution in [1.29, 1.82) is 0 Å². The molecule has 2 heteroatoms. The van der Waals surface area contributed by atoms with Gasteiger partial charge in [0, 0.05) is 6.10 Å². The van der Waals surface area contributed by atoms with Crippen molar-refractivity contribution in [3.8, 4) is 0 Å². The average molecular weight is 242 g/mol. The molecule has 1 aromatic carbocycles. The van der Waals surface area contributed by atoms with Crippen LogP contribution >= 0.6 is 0 Å². The highest BCUT2D eigenvalue weighted by Gasteiger charge is 2.34. The molecule has 2 bridgehead atoms. The molecule has 96 valence electrons. The first-order chi connectivity index (χ1) is 8.92. The van der Waals surface area contributed by atoms with E-state index in [2.05, 4.69) is 30.3 Å². The molecular weight excluding hydrogens is 219 g/mol. The molecule has 2 saturated heterocycles. The van der Waals surface area contributed by atoms with E-state index in [1.165, 1.54) is 56.8 Å². The van der Waals surface area contributed by atoms with Gasteiger partial charge in [-0.15, -0.1) is 0 Å². The Bertz CT molecular complexity index is 355. The van der Waals surface area contributed by atoms with Gasteiger partial charge in [-0.25, -0.2) is 0 Å². The third-order valence-electron chi connectivity index (χ3n) is 4.66.